The molecule has 0 aliphatic carbocycles. The van der Waals surface area contributed by atoms with E-state index in [-0.39, 0.29) is 11.5 Å². The van der Waals surface area contributed by atoms with E-state index in [1.165, 1.54) is 17.0 Å². The van der Waals surface area contributed by atoms with Gasteiger partial charge >= 0.3 is 0 Å². The van der Waals surface area contributed by atoms with E-state index in [9.17, 15) is 14.0 Å². The molecule has 1 N–H and O–H groups in total. The van der Waals surface area contributed by atoms with Crippen LogP contribution in [0.2, 0.25) is 5.02 Å². The Bertz CT molecular complexity index is 843. The average molecular weight is 361 g/mol. The van der Waals surface area contributed by atoms with Crippen LogP contribution in [0.3, 0.4) is 0 Å². The molecule has 0 bridgehead atoms. The fourth-order valence-electron chi connectivity index (χ4n) is 2.94. The highest BCUT2D eigenvalue weighted by molar-refractivity contribution is 6.30. The van der Waals surface area contributed by atoms with E-state index in [4.69, 9.17) is 11.6 Å². The van der Waals surface area contributed by atoms with Crippen LogP contribution < -0.4 is 10.2 Å². The van der Waals surface area contributed by atoms with E-state index in [0.717, 1.165) is 0 Å². The van der Waals surface area contributed by atoms with E-state index in [1.54, 1.807) is 30.3 Å². The molecule has 2 amide bonds. The second kappa shape index (κ2) is 6.15. The minimum absolute atomic E-state index is 0.0634. The van der Waals surface area contributed by atoms with Crippen molar-refractivity contribution >= 4 is 29.1 Å². The Hall–Kier alpha value is -2.40. The molecule has 1 heterocycles. The minimum atomic E-state index is -0.932. The highest BCUT2D eigenvalue weighted by Gasteiger charge is 2.44. The lowest BCUT2D eigenvalue weighted by atomic mass is 10.0. The van der Waals surface area contributed by atoms with Gasteiger partial charge in [0.2, 0.25) is 5.91 Å². The van der Waals surface area contributed by atoms with Crippen molar-refractivity contribution in [1.29, 1.82) is 0 Å². The van der Waals surface area contributed by atoms with Crippen LogP contribution in [0.25, 0.3) is 0 Å². The summed E-state index contributed by atoms with van der Waals surface area (Å²) in [6, 6.07) is 9.94. The maximum Gasteiger partial charge on any atom is 0.262 e. The summed E-state index contributed by atoms with van der Waals surface area (Å²) >= 11 is 5.91. The van der Waals surface area contributed by atoms with Crippen LogP contribution >= 0.6 is 11.6 Å². The summed E-state index contributed by atoms with van der Waals surface area (Å²) in [7, 11) is 0. The second-order valence-corrected chi connectivity index (χ2v) is 7.43. The predicted molar refractivity (Wildman–Crippen MR) is 95.3 cm³/mol. The lowest BCUT2D eigenvalue weighted by molar-refractivity contribution is -0.123. The number of halogens is 2. The van der Waals surface area contributed by atoms with Gasteiger partial charge in [-0.3, -0.25) is 14.5 Å². The normalized spacial score (nSPS) is 16.8. The molecule has 2 aromatic carbocycles. The number of benzene rings is 2. The molecule has 130 valence electrons. The number of carbonyl (C=O) groups excluding carboxylic acids is 2. The lowest BCUT2D eigenvalue weighted by Crippen LogP contribution is -2.47. The molecule has 1 unspecified atom stereocenters. The lowest BCUT2D eigenvalue weighted by Gasteiger charge is -2.28. The Balaban J connectivity index is 2.12. The Morgan fingerprint density at radius 3 is 2.40 bits per heavy atom. The Kier molecular flexibility index (Phi) is 4.29. The number of fused-ring (bicyclic) bond motifs is 1. The Morgan fingerprint density at radius 1 is 1.16 bits per heavy atom. The molecule has 1 atom stereocenters. The van der Waals surface area contributed by atoms with Crippen LogP contribution in [0.15, 0.2) is 42.5 Å². The van der Waals surface area contributed by atoms with Gasteiger partial charge in [-0.2, -0.15) is 0 Å². The predicted octanol–water partition coefficient (Wildman–Crippen LogP) is 4.10. The standard InChI is InChI=1S/C19H18ClFN2O2/c1-19(2,3)22-17(24)16-13-5-4-6-14(21)15(13)18(25)23(16)12-9-7-11(20)8-10-12/h4-10,16H,1-3H3,(H,22,24). The fourth-order valence-corrected chi connectivity index (χ4v) is 3.06. The Labute approximate surface area is 150 Å². The van der Waals surface area contributed by atoms with Gasteiger partial charge in [0.25, 0.3) is 5.91 Å². The fraction of sp³-hybridized carbons (Fsp3) is 0.263. The van der Waals surface area contributed by atoms with Crippen LogP contribution in [0.1, 0.15) is 42.7 Å². The van der Waals surface area contributed by atoms with Crippen molar-refractivity contribution in [2.45, 2.75) is 32.4 Å². The van der Waals surface area contributed by atoms with E-state index < -0.39 is 23.3 Å². The first-order valence-electron chi connectivity index (χ1n) is 7.88. The number of nitrogens with zero attached hydrogens (tertiary/aromatic N) is 1. The molecule has 4 nitrogen and oxygen atoms in total. The van der Waals surface area contributed by atoms with E-state index in [2.05, 4.69) is 5.32 Å². The molecular formula is C19H18ClFN2O2. The molecule has 0 spiro atoms. The average Bonchev–Trinajstić information content (AvgIpc) is 2.81. The largest absolute Gasteiger partial charge is 0.349 e. The summed E-state index contributed by atoms with van der Waals surface area (Å²) in [4.78, 5) is 27.0. The van der Waals surface area contributed by atoms with E-state index >= 15 is 0 Å². The molecule has 1 aliphatic heterocycles. The molecule has 1 aliphatic rings. The van der Waals surface area contributed by atoms with Crippen LogP contribution in [-0.4, -0.2) is 17.4 Å². The molecule has 0 saturated carbocycles. The van der Waals surface area contributed by atoms with Crippen molar-refractivity contribution in [2.75, 3.05) is 4.90 Å². The first kappa shape index (κ1) is 17.4. The van der Waals surface area contributed by atoms with Gasteiger partial charge in [0, 0.05) is 21.8 Å². The zero-order valence-corrected chi connectivity index (χ0v) is 14.9. The van der Waals surface area contributed by atoms with Crippen molar-refractivity contribution in [2.24, 2.45) is 0 Å². The zero-order valence-electron chi connectivity index (χ0n) is 14.1. The zero-order chi connectivity index (χ0) is 18.4. The maximum absolute atomic E-state index is 14.3. The summed E-state index contributed by atoms with van der Waals surface area (Å²) in [5.74, 6) is -1.53. The first-order valence-corrected chi connectivity index (χ1v) is 8.26. The van der Waals surface area contributed by atoms with E-state index in [1.807, 2.05) is 20.8 Å². The molecule has 0 radical (unpaired) electrons. The number of amides is 2. The maximum atomic E-state index is 14.3. The molecule has 25 heavy (non-hydrogen) atoms. The van der Waals surface area contributed by atoms with Crippen molar-refractivity contribution < 1.29 is 14.0 Å². The third-order valence-electron chi connectivity index (χ3n) is 3.88. The Morgan fingerprint density at radius 2 is 1.80 bits per heavy atom. The smallest absolute Gasteiger partial charge is 0.262 e. The number of hydrogen-bond donors (Lipinski definition) is 1. The van der Waals surface area contributed by atoms with Gasteiger partial charge in [0.05, 0.1) is 5.56 Å². The van der Waals surface area contributed by atoms with Crippen molar-refractivity contribution in [3.63, 3.8) is 0 Å². The van der Waals surface area contributed by atoms with Crippen LogP contribution in [0, 0.1) is 5.82 Å². The van der Waals surface area contributed by atoms with Crippen LogP contribution in [0.4, 0.5) is 10.1 Å². The summed E-state index contributed by atoms with van der Waals surface area (Å²) in [5, 5.41) is 3.38. The minimum Gasteiger partial charge on any atom is -0.349 e. The number of anilines is 1. The molecule has 0 aromatic heterocycles. The number of nitrogens with one attached hydrogen (secondary N) is 1. The van der Waals surface area contributed by atoms with Gasteiger partial charge in [0.1, 0.15) is 11.9 Å². The van der Waals surface area contributed by atoms with Gasteiger partial charge < -0.3 is 5.32 Å². The van der Waals surface area contributed by atoms with Crippen molar-refractivity contribution in [3.05, 3.63) is 64.4 Å². The number of carbonyl (C=O) groups is 2. The van der Waals surface area contributed by atoms with Crippen molar-refractivity contribution in [3.8, 4) is 0 Å². The molecule has 3 rings (SSSR count). The third kappa shape index (κ3) is 3.24. The molecule has 6 heteroatoms. The molecular weight excluding hydrogens is 343 g/mol. The van der Waals surface area contributed by atoms with Gasteiger partial charge in [0.15, 0.2) is 0 Å². The van der Waals surface area contributed by atoms with E-state index in [0.29, 0.717) is 16.3 Å². The first-order chi connectivity index (χ1) is 11.7. The topological polar surface area (TPSA) is 49.4 Å². The van der Waals surface area contributed by atoms with Gasteiger partial charge in [-0.15, -0.1) is 0 Å². The highest BCUT2D eigenvalue weighted by atomic mass is 35.5. The summed E-state index contributed by atoms with van der Waals surface area (Å²) in [6.07, 6.45) is 0. The summed E-state index contributed by atoms with van der Waals surface area (Å²) in [5.41, 5.74) is 0.300. The van der Waals surface area contributed by atoms with Gasteiger partial charge in [-0.1, -0.05) is 23.7 Å². The quantitative estimate of drug-likeness (QED) is 0.876. The molecule has 0 fully saturated rings. The second-order valence-electron chi connectivity index (χ2n) is 7.00. The monoisotopic (exact) mass is 360 g/mol. The summed E-state index contributed by atoms with van der Waals surface area (Å²) < 4.78 is 14.3. The molecule has 0 saturated heterocycles. The van der Waals surface area contributed by atoms with Crippen LogP contribution in [-0.2, 0) is 4.79 Å². The van der Waals surface area contributed by atoms with Crippen LogP contribution in [0.5, 0.6) is 0 Å². The van der Waals surface area contributed by atoms with Gasteiger partial charge in [-0.25, -0.2) is 4.39 Å². The number of hydrogen-bond acceptors (Lipinski definition) is 2. The molecule has 2 aromatic rings. The SMILES string of the molecule is CC(C)(C)NC(=O)C1c2cccc(F)c2C(=O)N1c1ccc(Cl)cc1. The van der Waals surface area contributed by atoms with Crippen molar-refractivity contribution in [1.82, 2.24) is 5.32 Å². The highest BCUT2D eigenvalue weighted by Crippen LogP contribution is 2.39. The summed E-state index contributed by atoms with van der Waals surface area (Å²) in [6.45, 7) is 5.54. The van der Waals surface area contributed by atoms with Gasteiger partial charge in [-0.05, 0) is 51.1 Å². The third-order valence-corrected chi connectivity index (χ3v) is 4.13. The number of rotatable bonds is 2.